The van der Waals surface area contributed by atoms with E-state index in [-0.39, 0.29) is 0 Å². The second-order valence-corrected chi connectivity index (χ2v) is 6.24. The summed E-state index contributed by atoms with van der Waals surface area (Å²) in [5, 5.41) is 3.43. The standard InChI is InChI=1S/C18H30N2O/c1-4-12-19-13-17-18(11-6-14(3)20-17)21-16-9-7-15(5-2)8-10-16/h6,11,15-16,19H,4-5,7-10,12-13H2,1-3H3. The molecule has 1 aliphatic rings. The van der Waals surface area contributed by atoms with E-state index >= 15 is 0 Å². The fourth-order valence-electron chi connectivity index (χ4n) is 3.05. The van der Waals surface area contributed by atoms with E-state index in [2.05, 4.69) is 36.3 Å². The van der Waals surface area contributed by atoms with Crippen molar-refractivity contribution in [2.45, 2.75) is 71.9 Å². The van der Waals surface area contributed by atoms with Crippen LogP contribution in [0.3, 0.4) is 0 Å². The Morgan fingerprint density at radius 1 is 1.19 bits per heavy atom. The molecule has 0 atom stereocenters. The summed E-state index contributed by atoms with van der Waals surface area (Å²) in [6.07, 6.45) is 7.83. The fraction of sp³-hybridized carbons (Fsp3) is 0.722. The van der Waals surface area contributed by atoms with Crippen LogP contribution in [-0.2, 0) is 6.54 Å². The Labute approximate surface area is 129 Å². The molecule has 0 spiro atoms. The zero-order valence-corrected chi connectivity index (χ0v) is 13.8. The molecule has 1 fully saturated rings. The third-order valence-corrected chi connectivity index (χ3v) is 4.46. The molecule has 0 aromatic carbocycles. The van der Waals surface area contributed by atoms with Crippen LogP contribution in [0, 0.1) is 12.8 Å². The van der Waals surface area contributed by atoms with Gasteiger partial charge in [0.2, 0.25) is 0 Å². The van der Waals surface area contributed by atoms with Crippen LogP contribution in [0.5, 0.6) is 5.75 Å². The highest BCUT2D eigenvalue weighted by molar-refractivity contribution is 5.29. The molecule has 1 aromatic rings. The van der Waals surface area contributed by atoms with Crippen LogP contribution < -0.4 is 10.1 Å². The summed E-state index contributed by atoms with van der Waals surface area (Å²) in [4.78, 5) is 4.65. The van der Waals surface area contributed by atoms with Gasteiger partial charge in [0.15, 0.2) is 0 Å². The van der Waals surface area contributed by atoms with Crippen molar-refractivity contribution in [3.05, 3.63) is 23.5 Å². The SMILES string of the molecule is CCCNCc1nc(C)ccc1OC1CCC(CC)CC1. The highest BCUT2D eigenvalue weighted by Gasteiger charge is 2.22. The Kier molecular flexibility index (Phi) is 6.50. The maximum atomic E-state index is 6.26. The average Bonchev–Trinajstić information content (AvgIpc) is 2.51. The first-order valence-electron chi connectivity index (χ1n) is 8.56. The van der Waals surface area contributed by atoms with Crippen molar-refractivity contribution < 1.29 is 4.74 Å². The number of nitrogens with zero attached hydrogens (tertiary/aromatic N) is 1. The Morgan fingerprint density at radius 3 is 2.62 bits per heavy atom. The summed E-state index contributed by atoms with van der Waals surface area (Å²) in [5.74, 6) is 1.89. The second-order valence-electron chi connectivity index (χ2n) is 6.24. The summed E-state index contributed by atoms with van der Waals surface area (Å²) in [5.41, 5.74) is 2.12. The summed E-state index contributed by atoms with van der Waals surface area (Å²) < 4.78 is 6.26. The molecule has 0 amide bonds. The van der Waals surface area contributed by atoms with E-state index in [0.29, 0.717) is 6.10 Å². The van der Waals surface area contributed by atoms with Gasteiger partial charge < -0.3 is 10.1 Å². The quantitative estimate of drug-likeness (QED) is 0.763. The van der Waals surface area contributed by atoms with Gasteiger partial charge >= 0.3 is 0 Å². The Morgan fingerprint density at radius 2 is 1.95 bits per heavy atom. The molecule has 0 aliphatic heterocycles. The van der Waals surface area contributed by atoms with Crippen molar-refractivity contribution in [2.75, 3.05) is 6.54 Å². The van der Waals surface area contributed by atoms with Gasteiger partial charge in [-0.25, -0.2) is 0 Å². The molecule has 0 bridgehead atoms. The van der Waals surface area contributed by atoms with E-state index in [0.717, 1.165) is 42.6 Å². The average molecular weight is 290 g/mol. The molecular formula is C18H30N2O. The van der Waals surface area contributed by atoms with E-state index in [1.807, 2.05) is 6.92 Å². The molecule has 1 aromatic heterocycles. The van der Waals surface area contributed by atoms with Crippen molar-refractivity contribution in [3.63, 3.8) is 0 Å². The number of aromatic nitrogens is 1. The van der Waals surface area contributed by atoms with Gasteiger partial charge in [-0.15, -0.1) is 0 Å². The third kappa shape index (κ3) is 4.99. The molecule has 3 heteroatoms. The third-order valence-electron chi connectivity index (χ3n) is 4.46. The molecule has 21 heavy (non-hydrogen) atoms. The van der Waals surface area contributed by atoms with Crippen LogP contribution in [0.25, 0.3) is 0 Å². The Balaban J connectivity index is 1.95. The van der Waals surface area contributed by atoms with Gasteiger partial charge in [0.1, 0.15) is 5.75 Å². The summed E-state index contributed by atoms with van der Waals surface area (Å²) in [7, 11) is 0. The van der Waals surface area contributed by atoms with Gasteiger partial charge in [0.25, 0.3) is 0 Å². The highest BCUT2D eigenvalue weighted by atomic mass is 16.5. The number of aryl methyl sites for hydroxylation is 1. The topological polar surface area (TPSA) is 34.2 Å². The number of pyridine rings is 1. The van der Waals surface area contributed by atoms with Crippen molar-refractivity contribution in [2.24, 2.45) is 5.92 Å². The number of ether oxygens (including phenoxy) is 1. The normalized spacial score (nSPS) is 22.2. The minimum atomic E-state index is 0.377. The van der Waals surface area contributed by atoms with Crippen LogP contribution >= 0.6 is 0 Å². The number of rotatable bonds is 7. The van der Waals surface area contributed by atoms with Gasteiger partial charge in [0, 0.05) is 12.2 Å². The van der Waals surface area contributed by atoms with Crippen LogP contribution in [0.4, 0.5) is 0 Å². The van der Waals surface area contributed by atoms with Crippen molar-refractivity contribution in [3.8, 4) is 5.75 Å². The lowest BCUT2D eigenvalue weighted by Gasteiger charge is -2.29. The molecule has 0 radical (unpaired) electrons. The fourth-order valence-corrected chi connectivity index (χ4v) is 3.05. The first-order valence-corrected chi connectivity index (χ1v) is 8.56. The van der Waals surface area contributed by atoms with Crippen LogP contribution in [-0.4, -0.2) is 17.6 Å². The van der Waals surface area contributed by atoms with Gasteiger partial charge in [-0.1, -0.05) is 20.3 Å². The second kappa shape index (κ2) is 8.38. The minimum absolute atomic E-state index is 0.377. The van der Waals surface area contributed by atoms with Gasteiger partial charge in [-0.2, -0.15) is 0 Å². The monoisotopic (exact) mass is 290 g/mol. The minimum Gasteiger partial charge on any atom is -0.488 e. The molecule has 1 aliphatic carbocycles. The summed E-state index contributed by atoms with van der Waals surface area (Å²) in [6.45, 7) is 8.35. The van der Waals surface area contributed by atoms with E-state index in [1.165, 1.54) is 32.1 Å². The van der Waals surface area contributed by atoms with Gasteiger partial charge in [-0.05, 0) is 63.6 Å². The summed E-state index contributed by atoms with van der Waals surface area (Å²) >= 11 is 0. The number of nitrogens with one attached hydrogen (secondary N) is 1. The predicted octanol–water partition coefficient (Wildman–Crippen LogP) is 4.24. The zero-order chi connectivity index (χ0) is 15.1. The molecule has 1 heterocycles. The van der Waals surface area contributed by atoms with Crippen molar-refractivity contribution in [1.82, 2.24) is 10.3 Å². The lowest BCUT2D eigenvalue weighted by atomic mass is 9.86. The number of hydrogen-bond donors (Lipinski definition) is 1. The first kappa shape index (κ1) is 16.3. The van der Waals surface area contributed by atoms with Gasteiger partial charge in [-0.3, -0.25) is 4.98 Å². The van der Waals surface area contributed by atoms with Crippen LogP contribution in [0.2, 0.25) is 0 Å². The molecule has 118 valence electrons. The Bertz CT molecular complexity index is 425. The van der Waals surface area contributed by atoms with Crippen LogP contribution in [0.15, 0.2) is 12.1 Å². The van der Waals surface area contributed by atoms with E-state index < -0.39 is 0 Å². The first-order chi connectivity index (χ1) is 10.2. The van der Waals surface area contributed by atoms with Crippen molar-refractivity contribution >= 4 is 0 Å². The van der Waals surface area contributed by atoms with E-state index in [1.54, 1.807) is 0 Å². The maximum absolute atomic E-state index is 6.26. The molecule has 3 nitrogen and oxygen atoms in total. The summed E-state index contributed by atoms with van der Waals surface area (Å²) in [6, 6.07) is 4.15. The van der Waals surface area contributed by atoms with Crippen molar-refractivity contribution in [1.29, 1.82) is 0 Å². The van der Waals surface area contributed by atoms with Gasteiger partial charge in [0.05, 0.1) is 11.8 Å². The smallest absolute Gasteiger partial charge is 0.142 e. The molecule has 0 unspecified atom stereocenters. The zero-order valence-electron chi connectivity index (χ0n) is 13.8. The molecule has 2 rings (SSSR count). The maximum Gasteiger partial charge on any atom is 0.142 e. The molecule has 0 saturated heterocycles. The predicted molar refractivity (Wildman–Crippen MR) is 87.6 cm³/mol. The van der Waals surface area contributed by atoms with E-state index in [9.17, 15) is 0 Å². The van der Waals surface area contributed by atoms with Crippen LogP contribution in [0.1, 0.15) is 63.8 Å². The van der Waals surface area contributed by atoms with E-state index in [4.69, 9.17) is 4.74 Å². The lowest BCUT2D eigenvalue weighted by Crippen LogP contribution is -2.25. The molecule has 1 N–H and O–H groups in total. The molecular weight excluding hydrogens is 260 g/mol. The largest absolute Gasteiger partial charge is 0.488 e. The number of hydrogen-bond acceptors (Lipinski definition) is 3. The molecule has 1 saturated carbocycles. The lowest BCUT2D eigenvalue weighted by molar-refractivity contribution is 0.128. The Hall–Kier alpha value is -1.09. The highest BCUT2D eigenvalue weighted by Crippen LogP contribution is 2.30.